The molecule has 174 valence electrons. The third kappa shape index (κ3) is 6.09. The van der Waals surface area contributed by atoms with E-state index in [2.05, 4.69) is 17.1 Å². The van der Waals surface area contributed by atoms with E-state index in [1.165, 1.54) is 43.4 Å². The predicted molar refractivity (Wildman–Crippen MR) is 125 cm³/mol. The van der Waals surface area contributed by atoms with Gasteiger partial charge < -0.3 is 15.0 Å². The molecular formula is C24H33N3O4S. The third-order valence-electron chi connectivity index (χ3n) is 5.74. The Morgan fingerprint density at radius 3 is 2.50 bits per heavy atom. The van der Waals surface area contributed by atoms with Crippen molar-refractivity contribution in [1.82, 2.24) is 14.5 Å². The van der Waals surface area contributed by atoms with E-state index in [-0.39, 0.29) is 23.1 Å². The Balaban J connectivity index is 1.71. The number of hydrogen-bond donors (Lipinski definition) is 1. The number of carbonyl (C=O) groups is 1. The van der Waals surface area contributed by atoms with Gasteiger partial charge in [0.1, 0.15) is 10.6 Å². The summed E-state index contributed by atoms with van der Waals surface area (Å²) in [5, 5.41) is 2.94. The van der Waals surface area contributed by atoms with Crippen LogP contribution in [0.2, 0.25) is 0 Å². The van der Waals surface area contributed by atoms with E-state index in [0.29, 0.717) is 18.0 Å². The van der Waals surface area contributed by atoms with Crippen LogP contribution in [0.5, 0.6) is 5.75 Å². The molecule has 7 nitrogen and oxygen atoms in total. The van der Waals surface area contributed by atoms with Crippen LogP contribution in [-0.4, -0.2) is 63.9 Å². The van der Waals surface area contributed by atoms with Crippen molar-refractivity contribution >= 4 is 15.9 Å². The van der Waals surface area contributed by atoms with Gasteiger partial charge in [0.2, 0.25) is 10.0 Å². The summed E-state index contributed by atoms with van der Waals surface area (Å²) in [5.41, 5.74) is 1.17. The number of nitrogens with zero attached hydrogens (tertiary/aromatic N) is 2. The van der Waals surface area contributed by atoms with Gasteiger partial charge in [0, 0.05) is 32.2 Å². The molecule has 2 aromatic carbocycles. The van der Waals surface area contributed by atoms with Gasteiger partial charge in [-0.05, 0) is 55.6 Å². The summed E-state index contributed by atoms with van der Waals surface area (Å²) >= 11 is 0. The topological polar surface area (TPSA) is 79.0 Å². The molecule has 1 aliphatic heterocycles. The number of nitrogens with one attached hydrogen (secondary N) is 1. The first-order valence-electron chi connectivity index (χ1n) is 11.0. The molecule has 3 rings (SSSR count). The van der Waals surface area contributed by atoms with E-state index in [4.69, 9.17) is 4.74 Å². The molecule has 1 fully saturated rings. The molecule has 0 bridgehead atoms. The third-order valence-corrected chi connectivity index (χ3v) is 7.57. The molecule has 8 heteroatoms. The standard InChI is InChI=1S/C24H33N3O4S/c1-19(17-27-13-7-8-14-27)16-25-24(28)21-11-12-22(31-3)23(15-21)32(29,30)26(2)18-20-9-5-4-6-10-20/h4-6,9-12,15,19H,7-8,13-14,16-18H2,1-3H3,(H,25,28). The lowest BCUT2D eigenvalue weighted by atomic mass is 10.1. The van der Waals surface area contributed by atoms with Gasteiger partial charge in [0.15, 0.2) is 0 Å². The average molecular weight is 460 g/mol. The van der Waals surface area contributed by atoms with E-state index in [1.807, 2.05) is 30.3 Å². The summed E-state index contributed by atoms with van der Waals surface area (Å²) in [5.74, 6) is 0.238. The number of benzene rings is 2. The second-order valence-corrected chi connectivity index (χ2v) is 10.4. The Kier molecular flexibility index (Phi) is 8.28. The Morgan fingerprint density at radius 1 is 1.16 bits per heavy atom. The van der Waals surface area contributed by atoms with Crippen molar-refractivity contribution < 1.29 is 17.9 Å². The Morgan fingerprint density at radius 2 is 1.84 bits per heavy atom. The Bertz CT molecular complexity index is 1010. The van der Waals surface area contributed by atoms with Crippen molar-refractivity contribution in [3.63, 3.8) is 0 Å². The number of amides is 1. The lowest BCUT2D eigenvalue weighted by Crippen LogP contribution is -2.34. The maximum Gasteiger partial charge on any atom is 0.251 e. The fourth-order valence-corrected chi connectivity index (χ4v) is 5.29. The number of likely N-dealkylation sites (tertiary alicyclic amines) is 1. The quantitative estimate of drug-likeness (QED) is 0.591. The van der Waals surface area contributed by atoms with E-state index in [1.54, 1.807) is 6.07 Å². The van der Waals surface area contributed by atoms with Crippen molar-refractivity contribution in [2.24, 2.45) is 5.92 Å². The van der Waals surface area contributed by atoms with Crippen molar-refractivity contribution in [2.45, 2.75) is 31.2 Å². The highest BCUT2D eigenvalue weighted by atomic mass is 32.2. The second kappa shape index (κ2) is 10.9. The highest BCUT2D eigenvalue weighted by Crippen LogP contribution is 2.28. The molecule has 32 heavy (non-hydrogen) atoms. The van der Waals surface area contributed by atoms with Crippen molar-refractivity contribution in [1.29, 1.82) is 0 Å². The minimum Gasteiger partial charge on any atom is -0.495 e. The highest BCUT2D eigenvalue weighted by Gasteiger charge is 2.26. The molecule has 1 heterocycles. The predicted octanol–water partition coefficient (Wildman–Crippen LogP) is 2.98. The summed E-state index contributed by atoms with van der Waals surface area (Å²) in [6.45, 7) is 6.06. The lowest BCUT2D eigenvalue weighted by Gasteiger charge is -2.21. The molecule has 1 atom stereocenters. The van der Waals surface area contributed by atoms with Gasteiger partial charge in [-0.2, -0.15) is 4.31 Å². The van der Waals surface area contributed by atoms with Crippen LogP contribution in [0, 0.1) is 5.92 Å². The molecule has 2 aromatic rings. The SMILES string of the molecule is COc1ccc(C(=O)NCC(C)CN2CCCC2)cc1S(=O)(=O)N(C)Cc1ccccc1. The van der Waals surface area contributed by atoms with Crippen LogP contribution < -0.4 is 10.1 Å². The number of carbonyl (C=O) groups excluding carboxylic acids is 1. The normalized spacial score (nSPS) is 15.6. The average Bonchev–Trinajstić information content (AvgIpc) is 3.30. The van der Waals surface area contributed by atoms with Crippen LogP contribution >= 0.6 is 0 Å². The number of sulfonamides is 1. The lowest BCUT2D eigenvalue weighted by molar-refractivity contribution is 0.0945. The van der Waals surface area contributed by atoms with Gasteiger partial charge in [-0.1, -0.05) is 37.3 Å². The molecule has 1 saturated heterocycles. The summed E-state index contributed by atoms with van der Waals surface area (Å²) in [6.07, 6.45) is 2.47. The maximum absolute atomic E-state index is 13.3. The maximum atomic E-state index is 13.3. The van der Waals surface area contributed by atoms with Crippen LogP contribution in [0.4, 0.5) is 0 Å². The van der Waals surface area contributed by atoms with E-state index >= 15 is 0 Å². The first-order chi connectivity index (χ1) is 15.3. The summed E-state index contributed by atoms with van der Waals surface area (Å²) in [4.78, 5) is 15.1. The molecule has 0 spiro atoms. The molecule has 1 amide bonds. The minimum atomic E-state index is -3.86. The molecule has 0 radical (unpaired) electrons. The Labute approximate surface area is 191 Å². The highest BCUT2D eigenvalue weighted by molar-refractivity contribution is 7.89. The fourth-order valence-electron chi connectivity index (χ4n) is 3.95. The minimum absolute atomic E-state index is 0.0174. The molecular weight excluding hydrogens is 426 g/mol. The van der Waals surface area contributed by atoms with Gasteiger partial charge in [-0.25, -0.2) is 8.42 Å². The number of ether oxygens (including phenoxy) is 1. The number of methoxy groups -OCH3 is 1. The van der Waals surface area contributed by atoms with Crippen molar-refractivity contribution in [3.8, 4) is 5.75 Å². The number of hydrogen-bond acceptors (Lipinski definition) is 5. The molecule has 1 N–H and O–H groups in total. The molecule has 0 aliphatic carbocycles. The number of rotatable bonds is 10. The Hall–Kier alpha value is -2.42. The van der Waals surface area contributed by atoms with Gasteiger partial charge in [0.05, 0.1) is 7.11 Å². The van der Waals surface area contributed by atoms with Crippen LogP contribution in [0.15, 0.2) is 53.4 Å². The molecule has 1 aliphatic rings. The second-order valence-electron chi connectivity index (χ2n) is 8.44. The summed E-state index contributed by atoms with van der Waals surface area (Å²) in [6, 6.07) is 13.9. The zero-order valence-corrected chi connectivity index (χ0v) is 19.9. The molecule has 0 saturated carbocycles. The smallest absolute Gasteiger partial charge is 0.251 e. The van der Waals surface area contributed by atoms with E-state index in [0.717, 1.165) is 25.2 Å². The van der Waals surface area contributed by atoms with E-state index in [9.17, 15) is 13.2 Å². The summed E-state index contributed by atoms with van der Waals surface area (Å²) in [7, 11) is -0.917. The van der Waals surface area contributed by atoms with Crippen LogP contribution in [0.1, 0.15) is 35.7 Å². The zero-order chi connectivity index (χ0) is 23.1. The summed E-state index contributed by atoms with van der Waals surface area (Å²) < 4.78 is 33.1. The fraction of sp³-hybridized carbons (Fsp3) is 0.458. The van der Waals surface area contributed by atoms with Crippen LogP contribution in [0.3, 0.4) is 0 Å². The first-order valence-corrected chi connectivity index (χ1v) is 12.4. The van der Waals surface area contributed by atoms with Gasteiger partial charge in [-0.3, -0.25) is 4.79 Å². The monoisotopic (exact) mass is 459 g/mol. The first kappa shape index (κ1) is 24.2. The molecule has 0 aromatic heterocycles. The largest absolute Gasteiger partial charge is 0.495 e. The van der Waals surface area contributed by atoms with Crippen LogP contribution in [0.25, 0.3) is 0 Å². The van der Waals surface area contributed by atoms with E-state index < -0.39 is 10.0 Å². The molecule has 1 unspecified atom stereocenters. The van der Waals surface area contributed by atoms with Crippen molar-refractivity contribution in [3.05, 3.63) is 59.7 Å². The zero-order valence-electron chi connectivity index (χ0n) is 19.1. The van der Waals surface area contributed by atoms with Gasteiger partial charge >= 0.3 is 0 Å². The van der Waals surface area contributed by atoms with Crippen molar-refractivity contribution in [2.75, 3.05) is 40.3 Å². The van der Waals surface area contributed by atoms with Gasteiger partial charge in [-0.15, -0.1) is 0 Å². The van der Waals surface area contributed by atoms with Gasteiger partial charge in [0.25, 0.3) is 5.91 Å². The van der Waals surface area contributed by atoms with Crippen LogP contribution in [-0.2, 0) is 16.6 Å².